The van der Waals surface area contributed by atoms with Crippen LogP contribution in [0.5, 0.6) is 5.75 Å². The second-order valence-corrected chi connectivity index (χ2v) is 6.38. The number of carbonyl (C=O) groups is 2. The van der Waals surface area contributed by atoms with Crippen LogP contribution in [-0.4, -0.2) is 23.5 Å². The van der Waals surface area contributed by atoms with Gasteiger partial charge in [0.05, 0.1) is 18.1 Å². The van der Waals surface area contributed by atoms with Gasteiger partial charge in [-0.3, -0.25) is 9.59 Å². The maximum absolute atomic E-state index is 13.0. The van der Waals surface area contributed by atoms with Crippen LogP contribution in [0.25, 0.3) is 0 Å². The van der Waals surface area contributed by atoms with Crippen molar-refractivity contribution in [2.45, 2.75) is 26.2 Å². The molecule has 0 fully saturated rings. The lowest BCUT2D eigenvalue weighted by Gasteiger charge is -2.17. The minimum Gasteiger partial charge on any atom is -0.492 e. The van der Waals surface area contributed by atoms with Crippen molar-refractivity contribution in [1.82, 2.24) is 0 Å². The number of fused-ring (bicyclic) bond motifs is 1. The van der Waals surface area contributed by atoms with E-state index in [-0.39, 0.29) is 5.78 Å². The van der Waals surface area contributed by atoms with Crippen LogP contribution in [-0.2, 0) is 11.2 Å². The van der Waals surface area contributed by atoms with Gasteiger partial charge in [0.25, 0.3) is 0 Å². The van der Waals surface area contributed by atoms with E-state index in [4.69, 9.17) is 16.3 Å². The molecular formula is C19H17ClO4. The number of hydrogen-bond acceptors (Lipinski definition) is 3. The average molecular weight is 345 g/mol. The Labute approximate surface area is 145 Å². The Bertz CT molecular complexity index is 824. The van der Waals surface area contributed by atoms with Gasteiger partial charge >= 0.3 is 5.97 Å². The van der Waals surface area contributed by atoms with Crippen molar-refractivity contribution in [3.63, 3.8) is 0 Å². The number of ether oxygens (including phenoxy) is 1. The summed E-state index contributed by atoms with van der Waals surface area (Å²) in [5.41, 5.74) is 3.16. The molecule has 1 atom stereocenters. The number of rotatable bonds is 4. The van der Waals surface area contributed by atoms with Crippen molar-refractivity contribution in [2.24, 2.45) is 0 Å². The Morgan fingerprint density at radius 1 is 1.25 bits per heavy atom. The Morgan fingerprint density at radius 3 is 2.54 bits per heavy atom. The molecule has 5 heteroatoms. The summed E-state index contributed by atoms with van der Waals surface area (Å²) in [7, 11) is 0. The highest BCUT2D eigenvalue weighted by Gasteiger charge is 2.29. The fourth-order valence-electron chi connectivity index (χ4n) is 3.05. The summed E-state index contributed by atoms with van der Waals surface area (Å²) in [6, 6.07) is 8.51. The molecule has 0 aliphatic carbocycles. The van der Waals surface area contributed by atoms with E-state index in [1.54, 1.807) is 38.1 Å². The zero-order chi connectivity index (χ0) is 17.4. The average Bonchev–Trinajstić information content (AvgIpc) is 3.01. The zero-order valence-corrected chi connectivity index (χ0v) is 14.2. The highest BCUT2D eigenvalue weighted by Crippen LogP contribution is 2.38. The molecule has 1 N–H and O–H groups in total. The number of carboxylic acids is 1. The van der Waals surface area contributed by atoms with Gasteiger partial charge in [-0.25, -0.2) is 0 Å². The summed E-state index contributed by atoms with van der Waals surface area (Å²) in [6.07, 6.45) is 0.676. The van der Waals surface area contributed by atoms with Gasteiger partial charge in [0, 0.05) is 17.0 Å². The van der Waals surface area contributed by atoms with Crippen LogP contribution in [0.1, 0.15) is 45.5 Å². The summed E-state index contributed by atoms with van der Waals surface area (Å²) < 4.78 is 5.68. The largest absolute Gasteiger partial charge is 0.492 e. The molecule has 3 rings (SSSR count). The van der Waals surface area contributed by atoms with Crippen molar-refractivity contribution in [2.75, 3.05) is 6.61 Å². The lowest BCUT2D eigenvalue weighted by atomic mass is 9.87. The van der Waals surface area contributed by atoms with Crippen LogP contribution in [0, 0.1) is 6.92 Å². The number of hydrogen-bond donors (Lipinski definition) is 1. The van der Waals surface area contributed by atoms with Gasteiger partial charge in [0.2, 0.25) is 0 Å². The molecule has 1 aliphatic rings. The Kier molecular flexibility index (Phi) is 4.33. The maximum atomic E-state index is 13.0. The lowest BCUT2D eigenvalue weighted by molar-refractivity contribution is -0.138. The van der Waals surface area contributed by atoms with Gasteiger partial charge in [-0.15, -0.1) is 0 Å². The molecule has 1 heterocycles. The number of benzene rings is 2. The normalized spacial score (nSPS) is 14.0. The molecule has 0 aromatic heterocycles. The van der Waals surface area contributed by atoms with Crippen LogP contribution in [0.3, 0.4) is 0 Å². The van der Waals surface area contributed by atoms with E-state index >= 15 is 0 Å². The molecule has 2 aromatic rings. The van der Waals surface area contributed by atoms with E-state index in [2.05, 4.69) is 0 Å². The molecule has 0 saturated heterocycles. The predicted octanol–water partition coefficient (Wildman–Crippen LogP) is 4.00. The molecule has 0 saturated carbocycles. The maximum Gasteiger partial charge on any atom is 0.310 e. The lowest BCUT2D eigenvalue weighted by Crippen LogP contribution is -2.13. The molecule has 4 nitrogen and oxygen atoms in total. The first-order chi connectivity index (χ1) is 11.4. The zero-order valence-electron chi connectivity index (χ0n) is 13.4. The quantitative estimate of drug-likeness (QED) is 0.851. The minimum absolute atomic E-state index is 0.179. The number of aliphatic carboxylic acids is 1. The first kappa shape index (κ1) is 16.5. The standard InChI is InChI=1S/C19H17ClO4/c1-10-15(11(2)19(22)23)9-13-7-8-24-18(13)16(10)17(21)12-3-5-14(20)6-4-12/h3-6,9,11H,7-8H2,1-2H3,(H,22,23). The van der Waals surface area contributed by atoms with Crippen molar-refractivity contribution in [3.05, 3.63) is 63.2 Å². The smallest absolute Gasteiger partial charge is 0.310 e. The van der Waals surface area contributed by atoms with Crippen LogP contribution in [0.4, 0.5) is 0 Å². The topological polar surface area (TPSA) is 63.6 Å². The minimum atomic E-state index is -0.915. The number of halogens is 1. The number of carboxylic acid groups (broad SMARTS) is 1. The number of carbonyl (C=O) groups excluding carboxylic acids is 1. The molecule has 0 spiro atoms. The van der Waals surface area contributed by atoms with E-state index in [0.717, 1.165) is 5.56 Å². The van der Waals surface area contributed by atoms with Gasteiger partial charge in [0.1, 0.15) is 5.75 Å². The van der Waals surface area contributed by atoms with Crippen molar-refractivity contribution >= 4 is 23.4 Å². The summed E-state index contributed by atoms with van der Waals surface area (Å²) in [6.45, 7) is 3.91. The van der Waals surface area contributed by atoms with Crippen molar-refractivity contribution < 1.29 is 19.4 Å². The molecule has 2 aromatic carbocycles. The molecule has 24 heavy (non-hydrogen) atoms. The predicted molar refractivity (Wildman–Crippen MR) is 91.3 cm³/mol. The van der Waals surface area contributed by atoms with E-state index < -0.39 is 11.9 Å². The summed E-state index contributed by atoms with van der Waals surface area (Å²) in [5, 5.41) is 9.91. The van der Waals surface area contributed by atoms with Crippen LogP contribution in [0.2, 0.25) is 5.02 Å². The van der Waals surface area contributed by atoms with Crippen molar-refractivity contribution in [3.8, 4) is 5.75 Å². The van der Waals surface area contributed by atoms with Crippen LogP contribution < -0.4 is 4.74 Å². The summed E-state index contributed by atoms with van der Waals surface area (Å²) in [5.74, 6) is -1.20. The molecule has 1 unspecified atom stereocenters. The third-order valence-electron chi connectivity index (χ3n) is 4.44. The van der Waals surface area contributed by atoms with E-state index in [9.17, 15) is 14.7 Å². The van der Waals surface area contributed by atoms with Gasteiger partial charge < -0.3 is 9.84 Å². The second-order valence-electron chi connectivity index (χ2n) is 5.95. The third-order valence-corrected chi connectivity index (χ3v) is 4.70. The summed E-state index contributed by atoms with van der Waals surface area (Å²) >= 11 is 5.89. The molecule has 0 radical (unpaired) electrons. The molecular weight excluding hydrogens is 328 g/mol. The third kappa shape index (κ3) is 2.78. The monoisotopic (exact) mass is 344 g/mol. The van der Waals surface area contributed by atoms with Gasteiger partial charge in [-0.1, -0.05) is 17.7 Å². The molecule has 1 aliphatic heterocycles. The van der Waals surface area contributed by atoms with Crippen LogP contribution >= 0.6 is 11.6 Å². The Balaban J connectivity index is 2.17. The Hall–Kier alpha value is -2.33. The molecule has 0 amide bonds. The fourth-order valence-corrected chi connectivity index (χ4v) is 3.18. The SMILES string of the molecule is Cc1c(C(C)C(=O)O)cc2c(c1C(=O)c1ccc(Cl)cc1)OCC2. The second kappa shape index (κ2) is 6.29. The van der Waals surface area contributed by atoms with E-state index in [1.807, 2.05) is 6.07 Å². The Morgan fingerprint density at radius 2 is 1.92 bits per heavy atom. The molecule has 0 bridgehead atoms. The van der Waals surface area contributed by atoms with Crippen molar-refractivity contribution in [1.29, 1.82) is 0 Å². The first-order valence-electron chi connectivity index (χ1n) is 7.72. The fraction of sp³-hybridized carbons (Fsp3) is 0.263. The van der Waals surface area contributed by atoms with Gasteiger partial charge in [-0.05, 0) is 54.8 Å². The van der Waals surface area contributed by atoms with E-state index in [1.165, 1.54) is 0 Å². The van der Waals surface area contributed by atoms with Gasteiger partial charge in [0.15, 0.2) is 5.78 Å². The molecule has 124 valence electrons. The van der Waals surface area contributed by atoms with Crippen LogP contribution in [0.15, 0.2) is 30.3 Å². The number of ketones is 1. The first-order valence-corrected chi connectivity index (χ1v) is 8.10. The summed E-state index contributed by atoms with van der Waals surface area (Å²) in [4.78, 5) is 24.4. The van der Waals surface area contributed by atoms with Gasteiger partial charge in [-0.2, -0.15) is 0 Å². The van der Waals surface area contributed by atoms with E-state index in [0.29, 0.717) is 46.1 Å². The highest BCUT2D eigenvalue weighted by molar-refractivity contribution is 6.30. The highest BCUT2D eigenvalue weighted by atomic mass is 35.5.